The molecule has 112 valence electrons. The van der Waals surface area contributed by atoms with Crippen molar-refractivity contribution >= 4 is 17.4 Å². The maximum Gasteiger partial charge on any atom is 0.493 e. The summed E-state index contributed by atoms with van der Waals surface area (Å²) < 4.78 is 36.4. The number of aryl methyl sites for hydroxylation is 1. The van der Waals surface area contributed by atoms with Gasteiger partial charge >= 0.3 is 12.1 Å². The molecule has 0 saturated carbocycles. The SMILES string of the molecule is O=C(O/N=C1\CCN2CCCc3cccc1c32)C(F)(F)F. The first-order valence-electron chi connectivity index (χ1n) is 6.69. The number of oxime groups is 1. The second-order valence-corrected chi connectivity index (χ2v) is 5.07. The van der Waals surface area contributed by atoms with Gasteiger partial charge in [0.25, 0.3) is 0 Å². The number of nitrogens with zero attached hydrogens (tertiary/aromatic N) is 2. The molecule has 3 rings (SSSR count). The Morgan fingerprint density at radius 2 is 2.05 bits per heavy atom. The van der Waals surface area contributed by atoms with E-state index in [1.807, 2.05) is 12.1 Å². The highest BCUT2D eigenvalue weighted by Gasteiger charge is 2.42. The van der Waals surface area contributed by atoms with Gasteiger partial charge in [0.1, 0.15) is 0 Å². The van der Waals surface area contributed by atoms with Gasteiger partial charge in [0.15, 0.2) is 0 Å². The van der Waals surface area contributed by atoms with Crippen LogP contribution in [0.25, 0.3) is 0 Å². The third-order valence-electron chi connectivity index (χ3n) is 3.71. The molecule has 4 nitrogen and oxygen atoms in total. The molecule has 0 aliphatic carbocycles. The van der Waals surface area contributed by atoms with Crippen LogP contribution in [-0.2, 0) is 16.1 Å². The summed E-state index contributed by atoms with van der Waals surface area (Å²) >= 11 is 0. The van der Waals surface area contributed by atoms with Gasteiger partial charge in [-0.2, -0.15) is 13.2 Å². The maximum absolute atomic E-state index is 12.1. The average molecular weight is 298 g/mol. The number of halogens is 3. The summed E-state index contributed by atoms with van der Waals surface area (Å²) in [6.07, 6.45) is -2.57. The minimum Gasteiger partial charge on any atom is -0.370 e. The Morgan fingerprint density at radius 1 is 1.24 bits per heavy atom. The second-order valence-electron chi connectivity index (χ2n) is 5.07. The molecule has 0 radical (unpaired) electrons. The fourth-order valence-electron chi connectivity index (χ4n) is 2.81. The summed E-state index contributed by atoms with van der Waals surface area (Å²) in [4.78, 5) is 17.0. The summed E-state index contributed by atoms with van der Waals surface area (Å²) in [5.41, 5.74) is 3.32. The van der Waals surface area contributed by atoms with Crippen molar-refractivity contribution < 1.29 is 22.8 Å². The van der Waals surface area contributed by atoms with E-state index in [2.05, 4.69) is 14.9 Å². The molecule has 0 aromatic heterocycles. The lowest BCUT2D eigenvalue weighted by Gasteiger charge is -2.36. The van der Waals surface area contributed by atoms with Gasteiger partial charge in [-0.25, -0.2) is 4.79 Å². The van der Waals surface area contributed by atoms with Crippen LogP contribution in [0.5, 0.6) is 0 Å². The zero-order valence-electron chi connectivity index (χ0n) is 11.1. The molecule has 0 spiro atoms. The van der Waals surface area contributed by atoms with E-state index >= 15 is 0 Å². The Balaban J connectivity index is 1.91. The fourth-order valence-corrected chi connectivity index (χ4v) is 2.81. The molecule has 0 fully saturated rings. The van der Waals surface area contributed by atoms with Gasteiger partial charge in [-0.15, -0.1) is 0 Å². The standard InChI is InChI=1S/C14H13F3N2O2/c15-14(16,17)13(20)21-18-11-6-8-19-7-2-4-9-3-1-5-10(11)12(9)19/h1,3,5H,2,4,6-8H2/b18-11+. The molecule has 21 heavy (non-hydrogen) atoms. The summed E-state index contributed by atoms with van der Waals surface area (Å²) in [7, 11) is 0. The number of benzene rings is 1. The molecule has 2 aliphatic rings. The van der Waals surface area contributed by atoms with E-state index in [0.29, 0.717) is 18.7 Å². The van der Waals surface area contributed by atoms with Gasteiger partial charge < -0.3 is 9.74 Å². The third-order valence-corrected chi connectivity index (χ3v) is 3.71. The molecule has 0 unspecified atom stereocenters. The summed E-state index contributed by atoms with van der Waals surface area (Å²) in [6, 6.07) is 5.66. The van der Waals surface area contributed by atoms with Gasteiger partial charge in [0.2, 0.25) is 0 Å². The van der Waals surface area contributed by atoms with Crippen LogP contribution in [0.4, 0.5) is 18.9 Å². The lowest BCUT2D eigenvalue weighted by atomic mass is 9.91. The van der Waals surface area contributed by atoms with Crippen LogP contribution in [0.1, 0.15) is 24.0 Å². The summed E-state index contributed by atoms with van der Waals surface area (Å²) in [5.74, 6) is -2.29. The number of para-hydroxylation sites is 1. The van der Waals surface area contributed by atoms with Crippen LogP contribution in [0.15, 0.2) is 23.4 Å². The Morgan fingerprint density at radius 3 is 2.81 bits per heavy atom. The van der Waals surface area contributed by atoms with E-state index in [1.165, 1.54) is 0 Å². The number of hydrogen-bond donors (Lipinski definition) is 0. The molecule has 2 aliphatic heterocycles. The Bertz CT molecular complexity index is 611. The Hall–Kier alpha value is -2.05. The van der Waals surface area contributed by atoms with Gasteiger partial charge in [0.05, 0.1) is 5.71 Å². The van der Waals surface area contributed by atoms with Crippen molar-refractivity contribution in [3.8, 4) is 0 Å². The first kappa shape index (κ1) is 13.9. The molecule has 0 amide bonds. The molecule has 1 aromatic rings. The molecule has 7 heteroatoms. The molecular weight excluding hydrogens is 285 g/mol. The number of carbonyl (C=O) groups is 1. The number of rotatable bonds is 1. The van der Waals surface area contributed by atoms with Crippen LogP contribution in [0.3, 0.4) is 0 Å². The van der Waals surface area contributed by atoms with Gasteiger partial charge in [-0.3, -0.25) is 0 Å². The average Bonchev–Trinajstić information content (AvgIpc) is 2.46. The summed E-state index contributed by atoms with van der Waals surface area (Å²) in [5, 5.41) is 3.45. The number of alkyl halides is 3. The van der Waals surface area contributed by atoms with E-state index in [4.69, 9.17) is 0 Å². The lowest BCUT2D eigenvalue weighted by Crippen LogP contribution is -2.37. The van der Waals surface area contributed by atoms with Crippen LogP contribution < -0.4 is 4.90 Å². The number of hydrogen-bond acceptors (Lipinski definition) is 4. The molecular formula is C14H13F3N2O2. The smallest absolute Gasteiger partial charge is 0.370 e. The minimum atomic E-state index is -5.03. The fraction of sp³-hybridized carbons (Fsp3) is 0.429. The molecule has 0 N–H and O–H groups in total. The molecule has 1 aromatic carbocycles. The van der Waals surface area contributed by atoms with Crippen LogP contribution >= 0.6 is 0 Å². The quantitative estimate of drug-likeness (QED) is 0.591. The first-order valence-corrected chi connectivity index (χ1v) is 6.69. The molecule has 2 heterocycles. The number of anilines is 1. The summed E-state index contributed by atoms with van der Waals surface area (Å²) in [6.45, 7) is 1.60. The van der Waals surface area contributed by atoms with Crippen LogP contribution in [-0.4, -0.2) is 30.9 Å². The second kappa shape index (κ2) is 5.05. The molecule has 0 bridgehead atoms. The van der Waals surface area contributed by atoms with E-state index < -0.39 is 12.1 Å². The van der Waals surface area contributed by atoms with Crippen molar-refractivity contribution in [2.45, 2.75) is 25.4 Å². The van der Waals surface area contributed by atoms with Gasteiger partial charge in [-0.1, -0.05) is 23.4 Å². The van der Waals surface area contributed by atoms with Crippen molar-refractivity contribution in [2.75, 3.05) is 18.0 Å². The highest BCUT2D eigenvalue weighted by atomic mass is 19.4. The predicted octanol–water partition coefficient (Wildman–Crippen LogP) is 2.65. The van der Waals surface area contributed by atoms with E-state index in [1.54, 1.807) is 6.07 Å². The zero-order chi connectivity index (χ0) is 15.0. The van der Waals surface area contributed by atoms with Crippen molar-refractivity contribution in [1.82, 2.24) is 0 Å². The Kier molecular flexibility index (Phi) is 3.35. The van der Waals surface area contributed by atoms with Crippen molar-refractivity contribution in [2.24, 2.45) is 5.16 Å². The lowest BCUT2D eigenvalue weighted by molar-refractivity contribution is -0.199. The highest BCUT2D eigenvalue weighted by Crippen LogP contribution is 2.35. The monoisotopic (exact) mass is 298 g/mol. The normalized spacial score (nSPS) is 19.4. The Labute approximate surface area is 119 Å². The van der Waals surface area contributed by atoms with Crippen LogP contribution in [0.2, 0.25) is 0 Å². The van der Waals surface area contributed by atoms with Gasteiger partial charge in [-0.05, 0) is 18.4 Å². The topological polar surface area (TPSA) is 41.9 Å². The van der Waals surface area contributed by atoms with Crippen molar-refractivity contribution in [1.29, 1.82) is 0 Å². The third kappa shape index (κ3) is 2.59. The van der Waals surface area contributed by atoms with Crippen LogP contribution in [0, 0.1) is 0 Å². The van der Waals surface area contributed by atoms with E-state index in [9.17, 15) is 18.0 Å². The number of carbonyl (C=O) groups excluding carboxylic acids is 1. The predicted molar refractivity (Wildman–Crippen MR) is 70.3 cm³/mol. The zero-order valence-corrected chi connectivity index (χ0v) is 11.1. The molecule has 0 saturated heterocycles. The van der Waals surface area contributed by atoms with Crippen molar-refractivity contribution in [3.63, 3.8) is 0 Å². The minimum absolute atomic E-state index is 0.391. The highest BCUT2D eigenvalue weighted by molar-refractivity contribution is 6.07. The van der Waals surface area contributed by atoms with E-state index in [0.717, 1.165) is 36.2 Å². The first-order chi connectivity index (χ1) is 9.97. The van der Waals surface area contributed by atoms with E-state index in [-0.39, 0.29) is 0 Å². The maximum atomic E-state index is 12.1. The van der Waals surface area contributed by atoms with Crippen molar-refractivity contribution in [3.05, 3.63) is 29.3 Å². The van der Waals surface area contributed by atoms with Gasteiger partial charge in [0, 0.05) is 30.8 Å². The molecule has 0 atom stereocenters. The largest absolute Gasteiger partial charge is 0.493 e.